The van der Waals surface area contributed by atoms with E-state index in [0.29, 0.717) is 95.5 Å². The molecule has 17 rings (SSSR count). The van der Waals surface area contributed by atoms with Crippen molar-refractivity contribution >= 4 is 104 Å². The number of amides is 9. The SMILES string of the molecule is CCNC(=O)Nc1nc2c(-c3ccccn3)cc(-n3cnc(C#N)c3)cc2[nH]1.CCNC(=O)Nc1nc2c(-c3ccccn3)cc(-n3cnc(C(=O)CC(C)C)c3)cc2[nH]1.CCNC(=O)Nc1nc2c(-c3ccccn3)cc(-n3cnc(C(=O)NC4CC4)c3)cc2[nH]1.CCNC(=O)Nc1nc2c(-c3cn(C)cn3)cc(-c3cccnc3)cc2[nH]1. The topological polar surface area (TPSA) is 472 Å². The number of carbonyl (C=O) groups is 6. The Labute approximate surface area is 679 Å². The Hall–Kier alpha value is -16.1. The first-order valence-corrected chi connectivity index (χ1v) is 38.2. The van der Waals surface area contributed by atoms with Crippen LogP contribution >= 0.6 is 0 Å². The number of nitrogens with one attached hydrogen (secondary N) is 13. The van der Waals surface area contributed by atoms with Crippen molar-refractivity contribution in [2.45, 2.75) is 66.8 Å². The number of pyridine rings is 4. The predicted octanol–water partition coefficient (Wildman–Crippen LogP) is 13.0. The van der Waals surface area contributed by atoms with Crippen molar-refractivity contribution in [1.29, 1.82) is 5.26 Å². The van der Waals surface area contributed by atoms with Crippen LogP contribution in [0.3, 0.4) is 0 Å². The van der Waals surface area contributed by atoms with Crippen LogP contribution < -0.4 is 47.9 Å². The minimum atomic E-state index is -0.341. The molecule has 9 amide bonds. The minimum absolute atomic E-state index is 0.0136. The Morgan fingerprint density at radius 3 is 1.25 bits per heavy atom. The van der Waals surface area contributed by atoms with Gasteiger partial charge in [-0.05, 0) is 143 Å². The van der Waals surface area contributed by atoms with Crippen LogP contribution in [0.5, 0.6) is 0 Å². The predicted molar refractivity (Wildman–Crippen MR) is 451 cm³/mol. The van der Waals surface area contributed by atoms with Gasteiger partial charge in [-0.3, -0.25) is 50.8 Å². The molecule has 119 heavy (non-hydrogen) atoms. The molecule has 36 nitrogen and oxygen atoms in total. The summed E-state index contributed by atoms with van der Waals surface area (Å²) in [6.07, 6.45) is 24.8. The number of fused-ring (bicyclic) bond motifs is 4. The van der Waals surface area contributed by atoms with Gasteiger partial charge in [-0.25, -0.2) is 59.0 Å². The Morgan fingerprint density at radius 1 is 0.454 bits per heavy atom. The molecule has 0 aliphatic heterocycles. The fourth-order valence-corrected chi connectivity index (χ4v) is 12.6. The Bertz CT molecular complexity index is 6170. The molecule has 0 spiro atoms. The summed E-state index contributed by atoms with van der Waals surface area (Å²) in [6, 6.07) is 37.3. The van der Waals surface area contributed by atoms with Gasteiger partial charge in [0.1, 0.15) is 58.5 Å². The Morgan fingerprint density at radius 2 is 0.874 bits per heavy atom. The van der Waals surface area contributed by atoms with Crippen LogP contribution in [-0.4, -0.2) is 166 Å². The normalized spacial score (nSPS) is 11.5. The number of benzene rings is 4. The number of Topliss-reactive ketones (excluding diaryl/α,β-unsaturated/α-hetero) is 1. The van der Waals surface area contributed by atoms with Crippen molar-refractivity contribution < 1.29 is 28.8 Å². The third-order valence-corrected chi connectivity index (χ3v) is 18.2. The number of nitriles is 1. The number of aromatic nitrogens is 20. The molecule has 1 saturated carbocycles. The maximum absolute atomic E-state index is 12.4. The van der Waals surface area contributed by atoms with Gasteiger partial charge in [0.2, 0.25) is 23.8 Å². The summed E-state index contributed by atoms with van der Waals surface area (Å²) in [5.74, 6) is 1.48. The number of rotatable bonds is 21. The number of nitrogens with zero attached hydrogens (tertiary/aromatic N) is 17. The molecule has 0 saturated heterocycles. The highest BCUT2D eigenvalue weighted by atomic mass is 16.2. The van der Waals surface area contributed by atoms with Gasteiger partial charge in [0, 0.05) is 146 Å². The fraction of sp³-hybridized carbons (Fsp3) is 0.193. The number of H-pyrrole nitrogens is 4. The third kappa shape index (κ3) is 19.4. The lowest BCUT2D eigenvalue weighted by Gasteiger charge is -2.07. The van der Waals surface area contributed by atoms with Crippen LogP contribution in [0, 0.1) is 17.2 Å². The molecule has 0 bridgehead atoms. The summed E-state index contributed by atoms with van der Waals surface area (Å²) >= 11 is 0. The lowest BCUT2D eigenvalue weighted by molar-refractivity contribution is 0.0943. The van der Waals surface area contributed by atoms with Gasteiger partial charge in [0.05, 0.1) is 51.2 Å². The number of carbonyl (C=O) groups excluding carboxylic acids is 6. The van der Waals surface area contributed by atoms with Crippen molar-refractivity contribution in [3.05, 3.63) is 213 Å². The molecule has 0 unspecified atom stereocenters. The maximum Gasteiger partial charge on any atom is 0.321 e. The van der Waals surface area contributed by atoms with E-state index >= 15 is 0 Å². The first-order valence-electron chi connectivity index (χ1n) is 38.2. The zero-order valence-electron chi connectivity index (χ0n) is 65.6. The summed E-state index contributed by atoms with van der Waals surface area (Å²) in [6.45, 7) is 13.5. The van der Waals surface area contributed by atoms with Crippen molar-refractivity contribution in [2.75, 3.05) is 47.4 Å². The zero-order valence-corrected chi connectivity index (χ0v) is 65.6. The average molecular weight is 1600 g/mol. The molecule has 12 heterocycles. The van der Waals surface area contributed by atoms with Gasteiger partial charge in [0.25, 0.3) is 5.91 Å². The molecular weight excluding hydrogens is 1510 g/mol. The van der Waals surface area contributed by atoms with Gasteiger partial charge in [0.15, 0.2) is 11.5 Å². The second kappa shape index (κ2) is 36.4. The highest BCUT2D eigenvalue weighted by molar-refractivity contribution is 6.02. The molecule has 12 aromatic heterocycles. The number of ketones is 1. The zero-order chi connectivity index (χ0) is 83.1. The number of hydrogen-bond acceptors (Lipinski definition) is 19. The quantitative estimate of drug-likeness (QED) is 0.0297. The van der Waals surface area contributed by atoms with Crippen LogP contribution in [0.25, 0.3) is 117 Å². The van der Waals surface area contributed by atoms with Gasteiger partial charge in [-0.2, -0.15) is 5.26 Å². The molecule has 0 atom stereocenters. The smallest absolute Gasteiger partial charge is 0.321 e. The van der Waals surface area contributed by atoms with Crippen molar-refractivity contribution in [2.24, 2.45) is 13.0 Å². The maximum atomic E-state index is 12.4. The first-order chi connectivity index (χ1) is 57.9. The van der Waals surface area contributed by atoms with Crippen molar-refractivity contribution in [3.63, 3.8) is 0 Å². The second-order valence-corrected chi connectivity index (χ2v) is 27.6. The second-order valence-electron chi connectivity index (χ2n) is 27.6. The molecule has 4 aromatic carbocycles. The Kier molecular flexibility index (Phi) is 24.3. The van der Waals surface area contributed by atoms with Crippen LogP contribution in [0.15, 0.2) is 196 Å². The van der Waals surface area contributed by atoms with Gasteiger partial charge in [-0.1, -0.05) is 38.1 Å². The molecule has 13 N–H and O–H groups in total. The molecule has 600 valence electrons. The highest BCUT2D eigenvalue weighted by Crippen LogP contribution is 2.36. The summed E-state index contributed by atoms with van der Waals surface area (Å²) in [5.41, 5.74) is 17.5. The Balaban J connectivity index is 0.000000130. The number of anilines is 4. The van der Waals surface area contributed by atoms with E-state index in [0.717, 1.165) is 108 Å². The van der Waals surface area contributed by atoms with E-state index < -0.39 is 0 Å². The number of urea groups is 4. The fourth-order valence-electron chi connectivity index (χ4n) is 12.6. The average Bonchev–Trinajstić information content (AvgIpc) is 1.67. The largest absolute Gasteiger partial charge is 0.348 e. The lowest BCUT2D eigenvalue weighted by Crippen LogP contribution is -2.28. The van der Waals surface area contributed by atoms with Crippen LogP contribution in [-0.2, 0) is 7.05 Å². The third-order valence-electron chi connectivity index (χ3n) is 18.2. The van der Waals surface area contributed by atoms with Crippen molar-refractivity contribution in [1.82, 2.24) is 125 Å². The lowest BCUT2D eigenvalue weighted by atomic mass is 10.0. The van der Waals surface area contributed by atoms with Crippen LogP contribution in [0.1, 0.15) is 87.5 Å². The van der Waals surface area contributed by atoms with E-state index in [4.69, 9.17) is 5.26 Å². The number of aromatic amines is 4. The molecule has 0 radical (unpaired) electrons. The minimum Gasteiger partial charge on any atom is -0.348 e. The summed E-state index contributed by atoms with van der Waals surface area (Å²) in [4.78, 5) is 138. The van der Waals surface area contributed by atoms with E-state index in [1.165, 1.54) is 0 Å². The van der Waals surface area contributed by atoms with Crippen molar-refractivity contribution in [3.8, 4) is 79.3 Å². The number of imidazole rings is 8. The van der Waals surface area contributed by atoms with E-state index in [2.05, 4.69) is 128 Å². The van der Waals surface area contributed by atoms with Gasteiger partial charge < -0.3 is 64.8 Å². The number of aryl methyl sites for hydroxylation is 1. The molecule has 1 fully saturated rings. The monoisotopic (exact) mass is 1590 g/mol. The summed E-state index contributed by atoms with van der Waals surface area (Å²) in [7, 11) is 1.92. The first kappa shape index (κ1) is 79.6. The van der Waals surface area contributed by atoms with Gasteiger partial charge in [-0.15, -0.1) is 0 Å². The highest BCUT2D eigenvalue weighted by Gasteiger charge is 2.26. The molecule has 1 aliphatic rings. The molecule has 36 heteroatoms. The molecule has 16 aromatic rings. The molecule has 1 aliphatic carbocycles. The summed E-state index contributed by atoms with van der Waals surface area (Å²) < 4.78 is 7.23. The van der Waals surface area contributed by atoms with Crippen LogP contribution in [0.2, 0.25) is 0 Å². The standard InChI is InChI=1S/C23H25N7O2.C22H22N8O2.C19H16N8O.C19H19N7O/c1-4-24-23(32)29-22-27-18-11-15(30-12-19(26-13-30)20(31)9-14(2)3)10-16(21(18)28-22)17-7-5-6-8-25-17;1-2-23-22(32)29-21-27-17-10-14(9-15(19(17)28-21)16-5-3-4-8-24-16)30-11-18(25-12-30)20(31)26-13-6-7-13;1-2-21-19(28)26-18-24-16-8-13(27-10-12(9-20)23-11-27)7-14(17(16)25-18)15-5-3-4-6-22-15;1-3-21-19(27)25-18-23-15-8-13(12-5-4-6-20-9-12)7-14(17(15)24-18)16-10-26(2)11-22-16/h5-8,10-14H,4,9H2,1-3H3,(H3,24,27,28,29,32);3-5,8-13H,2,6-7H2,1H3,(H,26,31)(H3,23,27,28,29,32);3-8,10-11H,2H2,1H3,(H3,21,24,25,26,28);4-11H,3H2,1-2H3,(H3,21,23,24,25,27). The van der Waals surface area contributed by atoms with Gasteiger partial charge >= 0.3 is 24.1 Å². The molecular formula is C83H82N30O6. The van der Waals surface area contributed by atoms with Crippen LogP contribution in [0.4, 0.5) is 43.0 Å². The van der Waals surface area contributed by atoms with E-state index in [9.17, 15) is 28.8 Å². The summed E-state index contributed by atoms with van der Waals surface area (Å²) in [5, 5.41) is 33.5. The number of hydrogen-bond donors (Lipinski definition) is 13. The van der Waals surface area contributed by atoms with E-state index in [1.54, 1.807) is 82.4 Å². The van der Waals surface area contributed by atoms with E-state index in [-0.39, 0.29) is 47.8 Å². The van der Waals surface area contributed by atoms with E-state index in [1.807, 2.05) is 187 Å².